The Kier molecular flexibility index (Phi) is 4.00. The zero-order valence-corrected chi connectivity index (χ0v) is 8.30. The van der Waals surface area contributed by atoms with Gasteiger partial charge in [-0.15, -0.1) is 11.8 Å². The normalized spacial score (nSPS) is 9.43. The van der Waals surface area contributed by atoms with Crippen molar-refractivity contribution in [3.8, 4) is 0 Å². The number of nitrogens with two attached hydrogens (primary N) is 1. The Hall–Kier alpha value is -1.49. The van der Waals surface area contributed by atoms with Crippen molar-refractivity contribution < 1.29 is 10.6 Å². The molecule has 0 heterocycles. The molecule has 0 aliphatic carbocycles. The van der Waals surface area contributed by atoms with Gasteiger partial charge in [0.25, 0.3) is 5.69 Å². The van der Waals surface area contributed by atoms with E-state index >= 15 is 0 Å². The first-order valence-corrected chi connectivity index (χ1v) is 5.04. The molecule has 0 fully saturated rings. The smallest absolute Gasteiger partial charge is 0.266 e. The Balaban J connectivity index is 2.88. The van der Waals surface area contributed by atoms with Crippen LogP contribution in [0.15, 0.2) is 24.3 Å². The highest BCUT2D eigenvalue weighted by Gasteiger charge is 2.15. The Bertz CT molecular complexity index is 365. The minimum atomic E-state index is 0.468. The highest BCUT2D eigenvalue weighted by molar-refractivity contribution is 8.12. The molecule has 0 spiro atoms. The maximum absolute atomic E-state index is 10.6. The lowest BCUT2D eigenvalue weighted by Crippen LogP contribution is -2.58. The van der Waals surface area contributed by atoms with Crippen LogP contribution in [0.3, 0.4) is 0 Å². The number of benzene rings is 1. The molecule has 4 nitrogen and oxygen atoms in total. The third-order valence-electron chi connectivity index (χ3n) is 1.71. The Morgan fingerprint density at radius 2 is 2.29 bits per heavy atom. The van der Waals surface area contributed by atoms with E-state index < -0.39 is 0 Å². The maximum atomic E-state index is 10.6. The summed E-state index contributed by atoms with van der Waals surface area (Å²) in [6, 6.07) is 7.03. The molecular weight excluding hydrogens is 198 g/mol. The van der Waals surface area contributed by atoms with E-state index in [1.165, 1.54) is 17.3 Å². The molecule has 0 unspecified atom stereocenters. The summed E-state index contributed by atoms with van der Waals surface area (Å²) in [4.78, 5) is 10.6. The van der Waals surface area contributed by atoms with Gasteiger partial charge in [-0.2, -0.15) is 0 Å². The van der Waals surface area contributed by atoms with Crippen LogP contribution >= 0.6 is 11.8 Å². The van der Waals surface area contributed by atoms with Gasteiger partial charge in [0.05, 0.1) is 11.3 Å². The predicted molar refractivity (Wildman–Crippen MR) is 57.7 cm³/mol. The summed E-state index contributed by atoms with van der Waals surface area (Å²) >= 11 is 1.28. The van der Waals surface area contributed by atoms with Gasteiger partial charge in [-0.05, 0) is 6.07 Å². The summed E-state index contributed by atoms with van der Waals surface area (Å²) in [6.45, 7) is 0. The lowest BCUT2D eigenvalue weighted by Gasteiger charge is -1.95. The number of rotatable bonds is 5. The summed E-state index contributed by atoms with van der Waals surface area (Å²) < 4.78 is 0. The average molecular weight is 209 g/mol. The summed E-state index contributed by atoms with van der Waals surface area (Å²) in [5.74, 6) is 0.516. The van der Waals surface area contributed by atoms with Crippen molar-refractivity contribution in [2.75, 3.05) is 5.75 Å². The Morgan fingerprint density at radius 3 is 2.93 bits per heavy atom. The monoisotopic (exact) mass is 209 g/mol. The number of thioether (sulfide) groups is 1. The van der Waals surface area contributed by atoms with E-state index in [-0.39, 0.29) is 0 Å². The first kappa shape index (κ1) is 10.6. The molecule has 0 radical (unpaired) electrons. The molecular formula is C9H11N3OS+2. The first-order valence-electron chi connectivity index (χ1n) is 3.99. The van der Waals surface area contributed by atoms with Crippen molar-refractivity contribution in [3.63, 3.8) is 0 Å². The second-order valence-electron chi connectivity index (χ2n) is 2.60. The molecule has 4 N–H and O–H groups in total. The lowest BCUT2D eigenvalue weighted by molar-refractivity contribution is -0.379. The van der Waals surface area contributed by atoms with Crippen LogP contribution < -0.4 is 10.6 Å². The van der Waals surface area contributed by atoms with Gasteiger partial charge in [-0.25, -0.2) is 0 Å². The van der Waals surface area contributed by atoms with E-state index in [0.717, 1.165) is 0 Å². The first-order chi connectivity index (χ1) is 6.79. The quantitative estimate of drug-likeness (QED) is 0.432. The molecule has 1 aromatic rings. The molecule has 72 valence electrons. The highest BCUT2D eigenvalue weighted by Crippen LogP contribution is 2.10. The van der Waals surface area contributed by atoms with Crippen LogP contribution in [-0.2, 0) is 0 Å². The van der Waals surface area contributed by atoms with Crippen LogP contribution in [-0.4, -0.2) is 17.0 Å². The molecule has 0 aliphatic heterocycles. The van der Waals surface area contributed by atoms with Crippen LogP contribution in [0.25, 0.3) is 0 Å². The largest absolute Gasteiger partial charge is 0.302 e. The fourth-order valence-electron chi connectivity index (χ4n) is 1.06. The fraction of sp³-hybridized carbons (Fsp3) is 0.111. The Morgan fingerprint density at radius 1 is 1.57 bits per heavy atom. The summed E-state index contributed by atoms with van der Waals surface area (Å²) in [7, 11) is 0. The number of hydrogen-bond acceptors (Lipinski definition) is 3. The number of nitroso groups, excluding NO2 is 1. The van der Waals surface area contributed by atoms with Gasteiger partial charge in [0, 0.05) is 16.2 Å². The van der Waals surface area contributed by atoms with Crippen molar-refractivity contribution in [2.45, 2.75) is 0 Å². The van der Waals surface area contributed by atoms with Crippen molar-refractivity contribution in [1.29, 1.82) is 5.41 Å². The summed E-state index contributed by atoms with van der Waals surface area (Å²) in [6.07, 6.45) is 0. The zero-order chi connectivity index (χ0) is 10.4. The standard InChI is InChI=1S/C9H9N3OS/c10-6-14-5-8(11)7-3-1-2-4-9(7)12-13/h1-4,6,10-11H,5H2/p+2. The van der Waals surface area contributed by atoms with E-state index in [2.05, 4.69) is 0 Å². The molecule has 0 bridgehead atoms. The van der Waals surface area contributed by atoms with Gasteiger partial charge in [-0.3, -0.25) is 5.41 Å². The fourth-order valence-corrected chi connectivity index (χ4v) is 1.48. The number of nitrogens with one attached hydrogen (secondary N) is 2. The molecule has 0 atom stereocenters. The van der Waals surface area contributed by atoms with Gasteiger partial charge >= 0.3 is 0 Å². The van der Waals surface area contributed by atoms with E-state index in [9.17, 15) is 4.91 Å². The van der Waals surface area contributed by atoms with Gasteiger partial charge in [0.15, 0.2) is 5.71 Å². The van der Waals surface area contributed by atoms with Crippen LogP contribution in [0.1, 0.15) is 5.56 Å². The van der Waals surface area contributed by atoms with Gasteiger partial charge in [0.1, 0.15) is 5.56 Å². The molecule has 0 saturated heterocycles. The van der Waals surface area contributed by atoms with Gasteiger partial charge in [0.2, 0.25) is 0 Å². The summed E-state index contributed by atoms with van der Waals surface area (Å²) in [5.41, 5.74) is 2.99. The predicted octanol–water partition coefficient (Wildman–Crippen LogP) is -0.946. The third-order valence-corrected chi connectivity index (χ3v) is 2.35. The van der Waals surface area contributed by atoms with Crippen LogP contribution in [0.5, 0.6) is 0 Å². The number of hydrogen-bond donors (Lipinski definition) is 3. The van der Waals surface area contributed by atoms with Crippen molar-refractivity contribution >= 4 is 28.7 Å². The second-order valence-corrected chi connectivity index (χ2v) is 3.46. The average Bonchev–Trinajstić information content (AvgIpc) is 2.25. The molecule has 1 rings (SSSR count). The second kappa shape index (κ2) is 5.29. The molecule has 0 aliphatic rings. The van der Waals surface area contributed by atoms with E-state index in [4.69, 9.17) is 10.8 Å². The van der Waals surface area contributed by atoms with Gasteiger partial charge in [-0.1, -0.05) is 12.1 Å². The van der Waals surface area contributed by atoms with Gasteiger partial charge < -0.3 is 5.41 Å². The SMILES string of the molecule is N=CSCC(=[NH2+])c1ccccc1[NH+]=O. The van der Waals surface area contributed by atoms with Crippen LogP contribution in [0.2, 0.25) is 0 Å². The zero-order valence-electron chi connectivity index (χ0n) is 7.49. The molecule has 0 amide bonds. The molecule has 14 heavy (non-hydrogen) atoms. The topological polar surface area (TPSA) is 80.5 Å². The number of para-hydroxylation sites is 1. The minimum absolute atomic E-state index is 0.468. The van der Waals surface area contributed by atoms with Crippen LogP contribution in [0, 0.1) is 10.3 Å². The molecule has 0 aromatic heterocycles. The van der Waals surface area contributed by atoms with Crippen LogP contribution in [0.4, 0.5) is 5.69 Å². The van der Waals surface area contributed by atoms with E-state index in [1.54, 1.807) is 18.2 Å². The molecule has 1 aromatic carbocycles. The van der Waals surface area contributed by atoms with Crippen molar-refractivity contribution in [1.82, 2.24) is 0 Å². The maximum Gasteiger partial charge on any atom is 0.266 e. The van der Waals surface area contributed by atoms with Crippen molar-refractivity contribution in [3.05, 3.63) is 34.7 Å². The lowest BCUT2D eigenvalue weighted by atomic mass is 10.1. The van der Waals surface area contributed by atoms with E-state index in [0.29, 0.717) is 22.7 Å². The minimum Gasteiger partial charge on any atom is -0.302 e. The van der Waals surface area contributed by atoms with E-state index in [1.807, 2.05) is 11.2 Å². The summed E-state index contributed by atoms with van der Waals surface area (Å²) in [5, 5.41) is 14.5. The van der Waals surface area contributed by atoms with Crippen molar-refractivity contribution in [2.24, 2.45) is 0 Å². The molecule has 0 saturated carbocycles. The highest BCUT2D eigenvalue weighted by atomic mass is 32.2. The Labute approximate surface area is 85.7 Å². The third kappa shape index (κ3) is 2.50. The molecule has 5 heteroatoms.